The van der Waals surface area contributed by atoms with Crippen molar-refractivity contribution < 1.29 is 23.8 Å². The van der Waals surface area contributed by atoms with E-state index in [4.69, 9.17) is 14.2 Å². The van der Waals surface area contributed by atoms with Crippen molar-refractivity contribution in [1.82, 2.24) is 0 Å². The lowest BCUT2D eigenvalue weighted by Crippen LogP contribution is -2.38. The van der Waals surface area contributed by atoms with Crippen molar-refractivity contribution in [3.8, 4) is 17.2 Å². The van der Waals surface area contributed by atoms with E-state index in [-0.39, 0.29) is 30.0 Å². The maximum Gasteiger partial charge on any atom is 0.244 e. The summed E-state index contributed by atoms with van der Waals surface area (Å²) in [6.07, 6.45) is 0.203. The molecule has 1 aliphatic rings. The van der Waals surface area contributed by atoms with Gasteiger partial charge in [0.1, 0.15) is 6.54 Å². The monoisotopic (exact) mass is 506 g/mol. The second-order valence-electron chi connectivity index (χ2n) is 8.58. The molecule has 36 heavy (non-hydrogen) atoms. The minimum atomic E-state index is -0.249. The van der Waals surface area contributed by atoms with E-state index in [1.54, 1.807) is 38.0 Å². The number of para-hydroxylation sites is 1. The number of nitrogens with zero attached hydrogens (tertiary/aromatic N) is 1. The quantitative estimate of drug-likeness (QED) is 0.454. The first kappa shape index (κ1) is 25.4. The van der Waals surface area contributed by atoms with E-state index in [1.807, 2.05) is 68.4 Å². The molecule has 3 aromatic rings. The fraction of sp³-hybridized carbons (Fsp3) is 0.286. The third-order valence-corrected chi connectivity index (χ3v) is 7.43. The third-order valence-electron chi connectivity index (χ3n) is 6.10. The van der Waals surface area contributed by atoms with Gasteiger partial charge in [0.2, 0.25) is 17.6 Å². The Labute approximate surface area is 215 Å². The van der Waals surface area contributed by atoms with Crippen LogP contribution in [0.3, 0.4) is 0 Å². The Hall–Kier alpha value is -3.65. The Morgan fingerprint density at radius 3 is 2.33 bits per heavy atom. The van der Waals surface area contributed by atoms with E-state index >= 15 is 0 Å². The van der Waals surface area contributed by atoms with Crippen LogP contribution in [0.5, 0.6) is 17.2 Å². The van der Waals surface area contributed by atoms with E-state index in [9.17, 15) is 9.59 Å². The maximum absolute atomic E-state index is 13.5. The summed E-state index contributed by atoms with van der Waals surface area (Å²) in [6, 6.07) is 17.3. The molecular weight excluding hydrogens is 476 g/mol. The van der Waals surface area contributed by atoms with Crippen molar-refractivity contribution in [3.05, 3.63) is 71.3 Å². The van der Waals surface area contributed by atoms with Crippen LogP contribution in [0, 0.1) is 13.8 Å². The molecule has 1 atom stereocenters. The summed E-state index contributed by atoms with van der Waals surface area (Å²) in [4.78, 5) is 29.0. The number of hydrogen-bond donors (Lipinski definition) is 1. The molecule has 1 aliphatic heterocycles. The van der Waals surface area contributed by atoms with Gasteiger partial charge in [0, 0.05) is 22.3 Å². The highest BCUT2D eigenvalue weighted by Gasteiger charge is 2.31. The van der Waals surface area contributed by atoms with Gasteiger partial charge in [0.25, 0.3) is 0 Å². The Morgan fingerprint density at radius 2 is 1.69 bits per heavy atom. The van der Waals surface area contributed by atoms with Gasteiger partial charge in [-0.3, -0.25) is 9.59 Å². The molecule has 3 aromatic carbocycles. The SMILES string of the molecule is COc1cc([C@@H]2CC(=O)N(CC(=O)Nc3ccc(C)cc3C)c3ccccc3S2)cc(OC)c1OC. The highest BCUT2D eigenvalue weighted by molar-refractivity contribution is 7.99. The molecule has 0 fully saturated rings. The molecule has 2 amide bonds. The molecule has 0 saturated carbocycles. The maximum atomic E-state index is 13.5. The lowest BCUT2D eigenvalue weighted by Gasteiger charge is -2.22. The average Bonchev–Trinajstić information content (AvgIpc) is 3.01. The fourth-order valence-electron chi connectivity index (χ4n) is 4.31. The first-order valence-corrected chi connectivity index (χ1v) is 12.5. The van der Waals surface area contributed by atoms with Crippen molar-refractivity contribution in [3.63, 3.8) is 0 Å². The number of carbonyl (C=O) groups is 2. The topological polar surface area (TPSA) is 77.1 Å². The minimum absolute atomic E-state index is 0.0777. The van der Waals surface area contributed by atoms with Crippen LogP contribution < -0.4 is 24.4 Å². The predicted octanol–water partition coefficient (Wildman–Crippen LogP) is 5.54. The summed E-state index contributed by atoms with van der Waals surface area (Å²) in [6.45, 7) is 3.88. The molecule has 7 nitrogen and oxygen atoms in total. The molecule has 0 aromatic heterocycles. The summed E-state index contributed by atoms with van der Waals surface area (Å²) >= 11 is 1.58. The number of carbonyl (C=O) groups excluding carboxylic acids is 2. The zero-order valence-electron chi connectivity index (χ0n) is 21.1. The highest BCUT2D eigenvalue weighted by atomic mass is 32.2. The average molecular weight is 507 g/mol. The van der Waals surface area contributed by atoms with Crippen molar-refractivity contribution in [1.29, 1.82) is 0 Å². The Bertz CT molecular complexity index is 1270. The van der Waals surface area contributed by atoms with Crippen LogP contribution in [0.1, 0.15) is 28.4 Å². The Balaban J connectivity index is 1.63. The molecule has 188 valence electrons. The van der Waals surface area contributed by atoms with Gasteiger partial charge in [-0.2, -0.15) is 0 Å². The zero-order chi connectivity index (χ0) is 25.8. The molecular formula is C28H30N2O5S. The fourth-order valence-corrected chi connectivity index (χ4v) is 5.57. The number of rotatable bonds is 7. The van der Waals surface area contributed by atoms with Gasteiger partial charge in [0.15, 0.2) is 11.5 Å². The molecule has 0 saturated heterocycles. The molecule has 1 heterocycles. The van der Waals surface area contributed by atoms with Crippen molar-refractivity contribution >= 4 is 35.0 Å². The van der Waals surface area contributed by atoms with E-state index in [1.165, 1.54) is 0 Å². The molecule has 0 radical (unpaired) electrons. The van der Waals surface area contributed by atoms with E-state index < -0.39 is 0 Å². The van der Waals surface area contributed by atoms with E-state index in [0.29, 0.717) is 17.2 Å². The van der Waals surface area contributed by atoms with Crippen LogP contribution in [0.2, 0.25) is 0 Å². The van der Waals surface area contributed by atoms with Gasteiger partial charge in [0.05, 0.1) is 27.0 Å². The number of benzene rings is 3. The number of ether oxygens (including phenoxy) is 3. The van der Waals surface area contributed by atoms with Gasteiger partial charge in [-0.15, -0.1) is 11.8 Å². The van der Waals surface area contributed by atoms with Crippen molar-refractivity contribution in [2.75, 3.05) is 38.1 Å². The highest BCUT2D eigenvalue weighted by Crippen LogP contribution is 2.49. The zero-order valence-corrected chi connectivity index (χ0v) is 21.9. The van der Waals surface area contributed by atoms with Crippen LogP contribution in [-0.2, 0) is 9.59 Å². The molecule has 0 unspecified atom stereocenters. The largest absolute Gasteiger partial charge is 0.493 e. The normalized spacial score (nSPS) is 15.1. The standard InChI is InChI=1S/C28H30N2O5S/c1-17-10-11-20(18(2)12-17)29-26(31)16-30-21-8-6-7-9-24(21)36-25(15-27(30)32)19-13-22(33-3)28(35-5)23(14-19)34-4/h6-14,25H,15-16H2,1-5H3,(H,29,31)/t25-/m0/s1. The van der Waals surface area contributed by atoms with Crippen LogP contribution in [0.15, 0.2) is 59.5 Å². The number of aryl methyl sites for hydroxylation is 2. The lowest BCUT2D eigenvalue weighted by molar-refractivity contribution is -0.121. The summed E-state index contributed by atoms with van der Waals surface area (Å²) in [5.41, 5.74) is 4.43. The number of fused-ring (bicyclic) bond motifs is 1. The summed E-state index contributed by atoms with van der Waals surface area (Å²) < 4.78 is 16.5. The molecule has 1 N–H and O–H groups in total. The van der Waals surface area contributed by atoms with Gasteiger partial charge in [-0.05, 0) is 55.3 Å². The second kappa shape index (κ2) is 11.0. The molecule has 4 rings (SSSR count). The summed E-state index contributed by atoms with van der Waals surface area (Å²) in [5.74, 6) is 1.17. The van der Waals surface area contributed by atoms with E-state index in [2.05, 4.69) is 5.32 Å². The number of methoxy groups -OCH3 is 3. The lowest BCUT2D eigenvalue weighted by atomic mass is 10.1. The Kier molecular flexibility index (Phi) is 7.74. The van der Waals surface area contributed by atoms with Crippen molar-refractivity contribution in [2.24, 2.45) is 0 Å². The van der Waals surface area contributed by atoms with E-state index in [0.717, 1.165) is 33.0 Å². The predicted molar refractivity (Wildman–Crippen MR) is 143 cm³/mol. The van der Waals surface area contributed by atoms with Gasteiger partial charge < -0.3 is 24.4 Å². The number of amides is 2. The molecule has 0 aliphatic carbocycles. The second-order valence-corrected chi connectivity index (χ2v) is 9.83. The van der Waals surface area contributed by atoms with Gasteiger partial charge >= 0.3 is 0 Å². The van der Waals surface area contributed by atoms with Gasteiger partial charge in [-0.1, -0.05) is 29.8 Å². The Morgan fingerprint density at radius 1 is 1.00 bits per heavy atom. The van der Waals surface area contributed by atoms with Gasteiger partial charge in [-0.25, -0.2) is 0 Å². The van der Waals surface area contributed by atoms with Crippen LogP contribution in [-0.4, -0.2) is 39.7 Å². The van der Waals surface area contributed by atoms with Crippen LogP contribution in [0.25, 0.3) is 0 Å². The first-order valence-electron chi connectivity index (χ1n) is 11.6. The van der Waals surface area contributed by atoms with Crippen molar-refractivity contribution in [2.45, 2.75) is 30.4 Å². The summed E-state index contributed by atoms with van der Waals surface area (Å²) in [7, 11) is 4.69. The molecule has 0 bridgehead atoms. The molecule has 8 heteroatoms. The van der Waals surface area contributed by atoms with Crippen LogP contribution in [0.4, 0.5) is 11.4 Å². The smallest absolute Gasteiger partial charge is 0.244 e. The number of anilines is 2. The minimum Gasteiger partial charge on any atom is -0.493 e. The number of hydrogen-bond acceptors (Lipinski definition) is 6. The third kappa shape index (κ3) is 5.28. The summed E-state index contributed by atoms with van der Waals surface area (Å²) in [5, 5.41) is 2.75. The van der Waals surface area contributed by atoms with Crippen LogP contribution >= 0.6 is 11.8 Å². The number of thioether (sulfide) groups is 1. The first-order chi connectivity index (χ1) is 17.3. The number of nitrogens with one attached hydrogen (secondary N) is 1. The molecule has 0 spiro atoms.